The van der Waals surface area contributed by atoms with Gasteiger partial charge in [0.25, 0.3) is 0 Å². The molecule has 2 aromatic carbocycles. The Morgan fingerprint density at radius 1 is 1.10 bits per heavy atom. The van der Waals surface area contributed by atoms with Gasteiger partial charge in [0.2, 0.25) is 0 Å². The third-order valence-corrected chi connectivity index (χ3v) is 4.32. The minimum atomic E-state index is -0.184. The Balaban J connectivity index is 2.53. The number of hydrogen-bond acceptors (Lipinski definition) is 1. The minimum Gasteiger partial charge on any atom is -0.306 e. The van der Waals surface area contributed by atoms with Gasteiger partial charge >= 0.3 is 0 Å². The minimum absolute atomic E-state index is 0.164. The average Bonchev–Trinajstić information content (AvgIpc) is 2.40. The summed E-state index contributed by atoms with van der Waals surface area (Å²) < 4.78 is 16.1. The molecular weight excluding hydrogens is 385 g/mol. The zero-order valence-electron chi connectivity index (χ0n) is 11.4. The molecule has 0 bridgehead atoms. The molecule has 0 aliphatic rings. The maximum atomic E-state index is 14.2. The highest BCUT2D eigenvalue weighted by Gasteiger charge is 2.19. The lowest BCUT2D eigenvalue weighted by molar-refractivity contribution is 0.557. The van der Waals surface area contributed by atoms with Gasteiger partial charge in [-0.2, -0.15) is 0 Å². The van der Waals surface area contributed by atoms with E-state index in [1.807, 2.05) is 38.1 Å². The summed E-state index contributed by atoms with van der Waals surface area (Å²) in [4.78, 5) is 0. The van der Waals surface area contributed by atoms with E-state index < -0.39 is 0 Å². The van der Waals surface area contributed by atoms with E-state index in [1.165, 1.54) is 6.07 Å². The molecular formula is C16H16Br2FN. The van der Waals surface area contributed by atoms with E-state index >= 15 is 0 Å². The molecule has 2 rings (SSSR count). The average molecular weight is 401 g/mol. The van der Waals surface area contributed by atoms with Crippen molar-refractivity contribution in [1.29, 1.82) is 0 Å². The SMILES string of the molecule is CCNC(c1cc(C)ccc1F)c1ccc(Br)cc1Br. The van der Waals surface area contributed by atoms with Crippen molar-refractivity contribution in [2.45, 2.75) is 19.9 Å². The Hall–Kier alpha value is -0.710. The fourth-order valence-corrected chi connectivity index (χ4v) is 3.49. The van der Waals surface area contributed by atoms with Crippen LogP contribution in [0.4, 0.5) is 4.39 Å². The molecule has 0 spiro atoms. The monoisotopic (exact) mass is 399 g/mol. The van der Waals surface area contributed by atoms with E-state index in [0.717, 1.165) is 26.6 Å². The van der Waals surface area contributed by atoms with Crippen molar-refractivity contribution in [2.24, 2.45) is 0 Å². The second-order valence-electron chi connectivity index (χ2n) is 4.68. The normalized spacial score (nSPS) is 12.4. The highest BCUT2D eigenvalue weighted by molar-refractivity contribution is 9.11. The zero-order chi connectivity index (χ0) is 14.7. The Morgan fingerprint density at radius 3 is 2.50 bits per heavy atom. The largest absolute Gasteiger partial charge is 0.306 e. The molecule has 1 atom stereocenters. The van der Waals surface area contributed by atoms with Crippen molar-refractivity contribution in [2.75, 3.05) is 6.54 Å². The second kappa shape index (κ2) is 6.83. The zero-order valence-corrected chi connectivity index (χ0v) is 14.6. The van der Waals surface area contributed by atoms with Crippen LogP contribution in [0.25, 0.3) is 0 Å². The Morgan fingerprint density at radius 2 is 1.85 bits per heavy atom. The van der Waals surface area contributed by atoms with Crippen LogP contribution < -0.4 is 5.32 Å². The fraction of sp³-hybridized carbons (Fsp3) is 0.250. The molecule has 0 fully saturated rings. The number of hydrogen-bond donors (Lipinski definition) is 1. The van der Waals surface area contributed by atoms with Crippen molar-refractivity contribution in [3.63, 3.8) is 0 Å². The van der Waals surface area contributed by atoms with Gasteiger partial charge in [-0.3, -0.25) is 0 Å². The topological polar surface area (TPSA) is 12.0 Å². The molecule has 106 valence electrons. The summed E-state index contributed by atoms with van der Waals surface area (Å²) >= 11 is 7.01. The molecule has 0 heterocycles. The van der Waals surface area contributed by atoms with E-state index in [2.05, 4.69) is 37.2 Å². The first kappa shape index (κ1) is 15.7. The number of aryl methyl sites for hydroxylation is 1. The van der Waals surface area contributed by atoms with Crippen LogP contribution in [-0.4, -0.2) is 6.54 Å². The van der Waals surface area contributed by atoms with E-state index in [-0.39, 0.29) is 11.9 Å². The molecule has 0 aliphatic carbocycles. The highest BCUT2D eigenvalue weighted by atomic mass is 79.9. The van der Waals surface area contributed by atoms with Crippen molar-refractivity contribution in [3.8, 4) is 0 Å². The van der Waals surface area contributed by atoms with Gasteiger partial charge < -0.3 is 5.32 Å². The summed E-state index contributed by atoms with van der Waals surface area (Å²) in [5.74, 6) is -0.184. The molecule has 20 heavy (non-hydrogen) atoms. The van der Waals surface area contributed by atoms with Crippen LogP contribution in [0.5, 0.6) is 0 Å². The van der Waals surface area contributed by atoms with Gasteiger partial charge in [-0.25, -0.2) is 4.39 Å². The predicted octanol–water partition coefficient (Wildman–Crippen LogP) is 5.36. The van der Waals surface area contributed by atoms with Crippen LogP contribution in [0.15, 0.2) is 45.3 Å². The number of benzene rings is 2. The molecule has 2 aromatic rings. The Bertz CT molecular complexity index is 613. The van der Waals surface area contributed by atoms with Gasteiger partial charge in [0.1, 0.15) is 5.82 Å². The third-order valence-electron chi connectivity index (χ3n) is 3.14. The predicted molar refractivity (Wildman–Crippen MR) is 88.5 cm³/mol. The van der Waals surface area contributed by atoms with Gasteiger partial charge in [0.15, 0.2) is 0 Å². The first-order valence-electron chi connectivity index (χ1n) is 6.47. The molecule has 4 heteroatoms. The molecule has 0 amide bonds. The molecule has 1 unspecified atom stereocenters. The van der Waals surface area contributed by atoms with Crippen LogP contribution in [0.2, 0.25) is 0 Å². The van der Waals surface area contributed by atoms with Crippen molar-refractivity contribution in [3.05, 3.63) is 67.9 Å². The van der Waals surface area contributed by atoms with Crippen LogP contribution in [-0.2, 0) is 0 Å². The first-order valence-corrected chi connectivity index (χ1v) is 8.06. The Labute approximate surface area is 135 Å². The summed E-state index contributed by atoms with van der Waals surface area (Å²) in [5, 5.41) is 3.36. The summed E-state index contributed by atoms with van der Waals surface area (Å²) in [6, 6.07) is 11.0. The summed E-state index contributed by atoms with van der Waals surface area (Å²) in [7, 11) is 0. The summed E-state index contributed by atoms with van der Waals surface area (Å²) in [6.45, 7) is 4.76. The van der Waals surface area contributed by atoms with Crippen molar-refractivity contribution in [1.82, 2.24) is 5.32 Å². The molecule has 0 saturated heterocycles. The van der Waals surface area contributed by atoms with Crippen LogP contribution in [0.1, 0.15) is 29.7 Å². The first-order chi connectivity index (χ1) is 9.52. The van der Waals surface area contributed by atoms with Gasteiger partial charge in [-0.15, -0.1) is 0 Å². The lowest BCUT2D eigenvalue weighted by atomic mass is 9.96. The number of halogens is 3. The van der Waals surface area contributed by atoms with Crippen LogP contribution in [0.3, 0.4) is 0 Å². The second-order valence-corrected chi connectivity index (χ2v) is 6.45. The number of nitrogens with one attached hydrogen (secondary N) is 1. The van der Waals surface area contributed by atoms with Crippen LogP contribution in [0, 0.1) is 12.7 Å². The van der Waals surface area contributed by atoms with Crippen LogP contribution >= 0.6 is 31.9 Å². The molecule has 1 N–H and O–H groups in total. The van der Waals surface area contributed by atoms with Gasteiger partial charge in [-0.1, -0.05) is 62.5 Å². The van der Waals surface area contributed by atoms with Gasteiger partial charge in [0, 0.05) is 14.5 Å². The summed E-state index contributed by atoms with van der Waals surface area (Å²) in [5.41, 5.74) is 2.76. The van der Waals surface area contributed by atoms with Gasteiger partial charge in [-0.05, 0) is 37.2 Å². The quantitative estimate of drug-likeness (QED) is 0.728. The van der Waals surface area contributed by atoms with Gasteiger partial charge in [0.05, 0.1) is 6.04 Å². The molecule has 0 aromatic heterocycles. The third kappa shape index (κ3) is 3.48. The smallest absolute Gasteiger partial charge is 0.128 e. The van der Waals surface area contributed by atoms with E-state index in [4.69, 9.17) is 0 Å². The van der Waals surface area contributed by atoms with E-state index in [0.29, 0.717) is 5.56 Å². The fourth-order valence-electron chi connectivity index (χ4n) is 2.21. The van der Waals surface area contributed by atoms with E-state index in [9.17, 15) is 4.39 Å². The maximum Gasteiger partial charge on any atom is 0.128 e. The van der Waals surface area contributed by atoms with Crippen molar-refractivity contribution >= 4 is 31.9 Å². The van der Waals surface area contributed by atoms with Crippen molar-refractivity contribution < 1.29 is 4.39 Å². The molecule has 1 nitrogen and oxygen atoms in total. The standard InChI is InChI=1S/C16H16Br2FN/c1-3-20-16(12-6-5-11(17)9-14(12)18)13-8-10(2)4-7-15(13)19/h4-9,16,20H,3H2,1-2H3. The van der Waals surface area contributed by atoms with E-state index in [1.54, 1.807) is 6.07 Å². The summed E-state index contributed by atoms with van der Waals surface area (Å²) in [6.07, 6.45) is 0. The molecule has 0 radical (unpaired) electrons. The lowest BCUT2D eigenvalue weighted by Gasteiger charge is -2.21. The maximum absolute atomic E-state index is 14.2. The number of rotatable bonds is 4. The highest BCUT2D eigenvalue weighted by Crippen LogP contribution is 2.32. The Kier molecular flexibility index (Phi) is 5.35. The molecule has 0 saturated carbocycles. The lowest BCUT2D eigenvalue weighted by Crippen LogP contribution is -2.23. The molecule has 0 aliphatic heterocycles.